The van der Waals surface area contributed by atoms with E-state index < -0.39 is 11.8 Å². The molecule has 10 heteroatoms. The summed E-state index contributed by atoms with van der Waals surface area (Å²) in [6.07, 6.45) is 1.78. The number of benzene rings is 2. The van der Waals surface area contributed by atoms with Gasteiger partial charge in [-0.2, -0.15) is 0 Å². The van der Waals surface area contributed by atoms with Gasteiger partial charge in [-0.3, -0.25) is 24.2 Å². The lowest BCUT2D eigenvalue weighted by atomic mass is 10.1. The molecule has 3 amide bonds. The van der Waals surface area contributed by atoms with Gasteiger partial charge in [0, 0.05) is 12.2 Å². The van der Waals surface area contributed by atoms with Gasteiger partial charge < -0.3 is 10.1 Å². The van der Waals surface area contributed by atoms with Gasteiger partial charge in [-0.1, -0.05) is 65.9 Å². The molecule has 5 rings (SSSR count). The summed E-state index contributed by atoms with van der Waals surface area (Å²) in [7, 11) is 0. The average molecular weight is 514 g/mol. The molecule has 0 radical (unpaired) electrons. The van der Waals surface area contributed by atoms with Crippen LogP contribution in [0.25, 0.3) is 5.57 Å². The number of halogens is 1. The number of para-hydroxylation sites is 2. The zero-order chi connectivity index (χ0) is 23.8. The molecule has 0 spiro atoms. The second kappa shape index (κ2) is 9.50. The Bertz CT molecular complexity index is 1240. The number of hydrogen-bond acceptors (Lipinski definition) is 6. The Morgan fingerprint density at radius 2 is 1.88 bits per heavy atom. The number of rotatable bonds is 5. The molecule has 7 nitrogen and oxygen atoms in total. The summed E-state index contributed by atoms with van der Waals surface area (Å²) in [5.41, 5.74) is 1.91. The van der Waals surface area contributed by atoms with Crippen LogP contribution in [0.15, 0.2) is 53.4 Å². The molecule has 2 saturated heterocycles. The molecule has 0 aromatic heterocycles. The minimum atomic E-state index is -0.409. The average Bonchev–Trinajstić information content (AvgIpc) is 3.50. The molecule has 1 unspecified atom stereocenters. The summed E-state index contributed by atoms with van der Waals surface area (Å²) in [5, 5.41) is 3.14. The molecule has 2 fully saturated rings. The molecule has 174 valence electrons. The van der Waals surface area contributed by atoms with E-state index in [1.807, 2.05) is 0 Å². The third-order valence-corrected chi connectivity index (χ3v) is 7.64. The van der Waals surface area contributed by atoms with E-state index in [9.17, 15) is 14.4 Å². The van der Waals surface area contributed by atoms with E-state index in [0.717, 1.165) is 24.6 Å². The van der Waals surface area contributed by atoms with Crippen molar-refractivity contribution in [3.05, 3.63) is 64.0 Å². The fourth-order valence-electron chi connectivity index (χ4n) is 4.25. The molecule has 2 aromatic rings. The second-order valence-corrected chi connectivity index (χ2v) is 10.1. The van der Waals surface area contributed by atoms with E-state index in [-0.39, 0.29) is 29.0 Å². The SMILES string of the molecule is O=C(CN1C(=O)C(=C2SC(=S)N(CC3CCCO3)C2=O)c2ccccc21)Nc1ccccc1Cl. The van der Waals surface area contributed by atoms with Crippen LogP contribution in [-0.4, -0.2) is 52.7 Å². The molecule has 1 N–H and O–H groups in total. The lowest BCUT2D eigenvalue weighted by Crippen LogP contribution is -2.36. The van der Waals surface area contributed by atoms with E-state index >= 15 is 0 Å². The van der Waals surface area contributed by atoms with Gasteiger partial charge in [0.2, 0.25) is 5.91 Å². The fraction of sp³-hybridized carbons (Fsp3) is 0.250. The first-order valence-electron chi connectivity index (χ1n) is 10.8. The minimum Gasteiger partial charge on any atom is -0.376 e. The first kappa shape index (κ1) is 23.0. The largest absolute Gasteiger partial charge is 0.376 e. The van der Waals surface area contributed by atoms with Crippen molar-refractivity contribution in [1.82, 2.24) is 4.90 Å². The van der Waals surface area contributed by atoms with Crippen molar-refractivity contribution in [1.29, 1.82) is 0 Å². The number of fused-ring (bicyclic) bond motifs is 1. The summed E-state index contributed by atoms with van der Waals surface area (Å²) in [6.45, 7) is 0.833. The predicted molar refractivity (Wildman–Crippen MR) is 137 cm³/mol. The number of carbonyl (C=O) groups excluding carboxylic acids is 3. The Balaban J connectivity index is 1.42. The number of anilines is 2. The third-order valence-electron chi connectivity index (χ3n) is 5.86. The van der Waals surface area contributed by atoms with Crippen LogP contribution < -0.4 is 10.2 Å². The monoisotopic (exact) mass is 513 g/mol. The van der Waals surface area contributed by atoms with Crippen LogP contribution >= 0.6 is 35.6 Å². The van der Waals surface area contributed by atoms with Crippen molar-refractivity contribution < 1.29 is 19.1 Å². The maximum absolute atomic E-state index is 13.5. The molecule has 3 aliphatic heterocycles. The molecular formula is C24H20ClN3O4S2. The van der Waals surface area contributed by atoms with Gasteiger partial charge in [0.05, 0.1) is 39.5 Å². The van der Waals surface area contributed by atoms with Crippen molar-refractivity contribution in [3.8, 4) is 0 Å². The number of hydrogen-bond donors (Lipinski definition) is 1. The highest BCUT2D eigenvalue weighted by Gasteiger charge is 2.43. The quantitative estimate of drug-likeness (QED) is 0.479. The van der Waals surface area contributed by atoms with Gasteiger partial charge in [0.1, 0.15) is 10.9 Å². The summed E-state index contributed by atoms with van der Waals surface area (Å²) in [4.78, 5) is 42.8. The summed E-state index contributed by atoms with van der Waals surface area (Å²) in [5.74, 6) is -1.11. The molecular weight excluding hydrogens is 494 g/mol. The van der Waals surface area contributed by atoms with Crippen molar-refractivity contribution in [3.63, 3.8) is 0 Å². The van der Waals surface area contributed by atoms with Crippen LogP contribution in [0.1, 0.15) is 18.4 Å². The zero-order valence-electron chi connectivity index (χ0n) is 18.0. The lowest BCUT2D eigenvalue weighted by Gasteiger charge is -2.18. The van der Waals surface area contributed by atoms with Gasteiger partial charge >= 0.3 is 0 Å². The fourth-order valence-corrected chi connectivity index (χ4v) is 5.78. The number of amides is 3. The number of carbonyl (C=O) groups is 3. The molecule has 0 bridgehead atoms. The van der Waals surface area contributed by atoms with Gasteiger partial charge in [-0.25, -0.2) is 0 Å². The minimum absolute atomic E-state index is 0.0524. The van der Waals surface area contributed by atoms with E-state index in [2.05, 4.69) is 5.32 Å². The highest BCUT2D eigenvalue weighted by molar-refractivity contribution is 8.26. The van der Waals surface area contributed by atoms with E-state index in [1.54, 1.807) is 48.5 Å². The molecule has 34 heavy (non-hydrogen) atoms. The van der Waals surface area contributed by atoms with Crippen LogP contribution in [0.2, 0.25) is 5.02 Å². The number of thioether (sulfide) groups is 1. The third kappa shape index (κ3) is 4.24. The highest BCUT2D eigenvalue weighted by Crippen LogP contribution is 2.44. The lowest BCUT2D eigenvalue weighted by molar-refractivity contribution is -0.123. The van der Waals surface area contributed by atoms with Crippen LogP contribution in [0.4, 0.5) is 11.4 Å². The van der Waals surface area contributed by atoms with E-state index in [4.69, 9.17) is 28.6 Å². The second-order valence-electron chi connectivity index (χ2n) is 8.06. The first-order valence-corrected chi connectivity index (χ1v) is 12.4. The molecule has 0 aliphatic carbocycles. The molecule has 3 heterocycles. The Morgan fingerprint density at radius 3 is 2.65 bits per heavy atom. The smallest absolute Gasteiger partial charge is 0.267 e. The van der Waals surface area contributed by atoms with Crippen molar-refractivity contribution in [2.75, 3.05) is 29.9 Å². The standard InChI is InChI=1S/C24H20ClN3O4S2/c25-16-8-2-3-9-17(16)26-19(29)13-27-18-10-4-1-7-15(18)20(22(27)30)21-23(31)28(24(33)34-21)12-14-6-5-11-32-14/h1-4,7-10,14H,5-6,11-13H2,(H,26,29). The van der Waals surface area contributed by atoms with Crippen LogP contribution in [0.5, 0.6) is 0 Å². The maximum atomic E-state index is 13.5. The molecule has 1 atom stereocenters. The molecule has 2 aromatic carbocycles. The number of nitrogens with one attached hydrogen (secondary N) is 1. The van der Waals surface area contributed by atoms with E-state index in [1.165, 1.54) is 9.80 Å². The van der Waals surface area contributed by atoms with Gasteiger partial charge in [-0.15, -0.1) is 0 Å². The van der Waals surface area contributed by atoms with Gasteiger partial charge in [-0.05, 0) is 31.0 Å². The van der Waals surface area contributed by atoms with Gasteiger partial charge in [0.25, 0.3) is 11.8 Å². The van der Waals surface area contributed by atoms with Crippen LogP contribution in [0.3, 0.4) is 0 Å². The first-order chi connectivity index (χ1) is 16.4. The number of nitrogens with zero attached hydrogens (tertiary/aromatic N) is 2. The Labute approximate surface area is 211 Å². The number of ether oxygens (including phenoxy) is 1. The topological polar surface area (TPSA) is 79.0 Å². The predicted octanol–water partition coefficient (Wildman–Crippen LogP) is 4.08. The Hall–Kier alpha value is -2.72. The van der Waals surface area contributed by atoms with Crippen LogP contribution in [0, 0.1) is 0 Å². The Morgan fingerprint density at radius 1 is 1.12 bits per heavy atom. The maximum Gasteiger partial charge on any atom is 0.267 e. The molecule has 3 aliphatic rings. The van der Waals surface area contributed by atoms with Crippen molar-refractivity contribution >= 4 is 74.6 Å². The zero-order valence-corrected chi connectivity index (χ0v) is 20.3. The van der Waals surface area contributed by atoms with Gasteiger partial charge in [0.15, 0.2) is 0 Å². The Kier molecular flexibility index (Phi) is 6.44. The highest BCUT2D eigenvalue weighted by atomic mass is 35.5. The summed E-state index contributed by atoms with van der Waals surface area (Å²) in [6, 6.07) is 14.0. The summed E-state index contributed by atoms with van der Waals surface area (Å²) < 4.78 is 6.07. The summed E-state index contributed by atoms with van der Waals surface area (Å²) >= 11 is 12.7. The van der Waals surface area contributed by atoms with Crippen molar-refractivity contribution in [2.24, 2.45) is 0 Å². The molecule has 0 saturated carbocycles. The van der Waals surface area contributed by atoms with E-state index in [0.29, 0.717) is 39.4 Å². The van der Waals surface area contributed by atoms with Crippen LogP contribution in [-0.2, 0) is 19.1 Å². The number of thiocarbonyl (C=S) groups is 1. The normalized spacial score (nSPS) is 22.0. The van der Waals surface area contributed by atoms with Crippen molar-refractivity contribution in [2.45, 2.75) is 18.9 Å².